The van der Waals surface area contributed by atoms with Crippen molar-refractivity contribution in [3.63, 3.8) is 0 Å². The molecule has 2 rings (SSSR count). The van der Waals surface area contributed by atoms with E-state index >= 15 is 0 Å². The van der Waals surface area contributed by atoms with Crippen LogP contribution in [0, 0.1) is 0 Å². The van der Waals surface area contributed by atoms with Crippen molar-refractivity contribution in [1.82, 2.24) is 4.98 Å². The molecule has 0 aromatic carbocycles. The number of nitrogens with one attached hydrogen (secondary N) is 1. The van der Waals surface area contributed by atoms with Crippen LogP contribution in [0.5, 0.6) is 0 Å². The van der Waals surface area contributed by atoms with Crippen LogP contribution >= 0.6 is 11.6 Å². The van der Waals surface area contributed by atoms with Crippen molar-refractivity contribution < 1.29 is 0 Å². The molecular weight excluding hydrogens is 184 g/mol. The summed E-state index contributed by atoms with van der Waals surface area (Å²) in [6, 6.07) is 4.47. The molecular formula is C10H13ClN2. The van der Waals surface area contributed by atoms with Gasteiger partial charge in [-0.2, -0.15) is 0 Å². The minimum Gasteiger partial charge on any atom is -0.382 e. The second-order valence-electron chi connectivity index (χ2n) is 3.49. The first-order valence-corrected chi connectivity index (χ1v) is 5.10. The third kappa shape index (κ3) is 2.34. The molecule has 1 fully saturated rings. The van der Waals surface area contributed by atoms with E-state index in [1.165, 1.54) is 25.7 Å². The highest BCUT2D eigenvalue weighted by molar-refractivity contribution is 6.29. The Balaban J connectivity index is 2.00. The minimum absolute atomic E-state index is 0.558. The molecule has 1 aliphatic carbocycles. The predicted octanol–water partition coefficient (Wildman–Crippen LogP) is 3.09. The average molecular weight is 197 g/mol. The zero-order valence-corrected chi connectivity index (χ0v) is 8.22. The Hall–Kier alpha value is -0.760. The summed E-state index contributed by atoms with van der Waals surface area (Å²) in [7, 11) is 0. The smallest absolute Gasteiger partial charge is 0.131 e. The molecule has 2 nitrogen and oxygen atoms in total. The summed E-state index contributed by atoms with van der Waals surface area (Å²) in [6.07, 6.45) is 6.98. The third-order valence-electron chi connectivity index (χ3n) is 2.45. The van der Waals surface area contributed by atoms with Gasteiger partial charge < -0.3 is 5.32 Å². The fourth-order valence-electron chi connectivity index (χ4n) is 1.80. The van der Waals surface area contributed by atoms with Crippen LogP contribution in [0.1, 0.15) is 25.7 Å². The highest BCUT2D eigenvalue weighted by Crippen LogP contribution is 2.22. The van der Waals surface area contributed by atoms with Gasteiger partial charge in [-0.1, -0.05) is 24.4 Å². The number of rotatable bonds is 2. The molecule has 1 aromatic rings. The second kappa shape index (κ2) is 3.97. The van der Waals surface area contributed by atoms with Crippen molar-refractivity contribution in [2.45, 2.75) is 31.7 Å². The van der Waals surface area contributed by atoms with E-state index in [-0.39, 0.29) is 0 Å². The van der Waals surface area contributed by atoms with Gasteiger partial charge in [-0.3, -0.25) is 0 Å². The van der Waals surface area contributed by atoms with Crippen LogP contribution in [0.3, 0.4) is 0 Å². The number of anilines is 1. The monoisotopic (exact) mass is 196 g/mol. The van der Waals surface area contributed by atoms with Gasteiger partial charge >= 0.3 is 0 Å². The highest BCUT2D eigenvalue weighted by Gasteiger charge is 2.14. The lowest BCUT2D eigenvalue weighted by molar-refractivity contribution is 0.755. The highest BCUT2D eigenvalue weighted by atomic mass is 35.5. The van der Waals surface area contributed by atoms with Crippen LogP contribution in [0.25, 0.3) is 0 Å². The van der Waals surface area contributed by atoms with Crippen LogP contribution < -0.4 is 5.32 Å². The maximum Gasteiger partial charge on any atom is 0.131 e. The first-order chi connectivity index (χ1) is 6.34. The molecule has 0 bridgehead atoms. The van der Waals surface area contributed by atoms with E-state index in [4.69, 9.17) is 11.6 Å². The molecule has 3 heteroatoms. The van der Waals surface area contributed by atoms with Gasteiger partial charge in [0.25, 0.3) is 0 Å². The van der Waals surface area contributed by atoms with Gasteiger partial charge in [0.05, 0.1) is 0 Å². The van der Waals surface area contributed by atoms with Crippen LogP contribution in [0.4, 0.5) is 5.69 Å². The van der Waals surface area contributed by atoms with Crippen LogP contribution in [0.2, 0.25) is 5.15 Å². The summed E-state index contributed by atoms with van der Waals surface area (Å²) in [4.78, 5) is 3.94. The van der Waals surface area contributed by atoms with Crippen molar-refractivity contribution in [3.05, 3.63) is 23.5 Å². The Morgan fingerprint density at radius 2 is 2.15 bits per heavy atom. The predicted molar refractivity (Wildman–Crippen MR) is 55.1 cm³/mol. The van der Waals surface area contributed by atoms with Gasteiger partial charge in [0.15, 0.2) is 0 Å². The molecule has 1 saturated carbocycles. The quantitative estimate of drug-likeness (QED) is 0.736. The van der Waals surface area contributed by atoms with E-state index < -0.39 is 0 Å². The normalized spacial score (nSPS) is 17.6. The number of pyridine rings is 1. The largest absolute Gasteiger partial charge is 0.382 e. The third-order valence-corrected chi connectivity index (χ3v) is 2.66. The lowest BCUT2D eigenvalue weighted by Crippen LogP contribution is -2.14. The Morgan fingerprint density at radius 3 is 2.85 bits per heavy atom. The SMILES string of the molecule is Clc1cc(NC2CCCC2)ccn1. The summed E-state index contributed by atoms with van der Waals surface area (Å²) < 4.78 is 0. The lowest BCUT2D eigenvalue weighted by Gasteiger charge is -2.12. The van der Waals surface area contributed by atoms with E-state index in [1.807, 2.05) is 12.1 Å². The zero-order chi connectivity index (χ0) is 9.10. The maximum atomic E-state index is 5.78. The molecule has 0 aliphatic heterocycles. The molecule has 70 valence electrons. The van der Waals surface area contributed by atoms with E-state index in [1.54, 1.807) is 6.20 Å². The summed E-state index contributed by atoms with van der Waals surface area (Å²) in [5, 5.41) is 4.02. The van der Waals surface area contributed by atoms with Crippen LogP contribution in [-0.2, 0) is 0 Å². The maximum absolute atomic E-state index is 5.78. The molecule has 0 saturated heterocycles. The van der Waals surface area contributed by atoms with Gasteiger partial charge in [0.2, 0.25) is 0 Å². The molecule has 1 aromatic heterocycles. The van der Waals surface area contributed by atoms with Crippen LogP contribution in [0.15, 0.2) is 18.3 Å². The van der Waals surface area contributed by atoms with Crippen molar-refractivity contribution in [3.8, 4) is 0 Å². The topological polar surface area (TPSA) is 24.9 Å². The Bertz CT molecular complexity index is 282. The van der Waals surface area contributed by atoms with Gasteiger partial charge in [-0.25, -0.2) is 4.98 Å². The van der Waals surface area contributed by atoms with Gasteiger partial charge in [0.1, 0.15) is 5.15 Å². The molecule has 0 radical (unpaired) electrons. The van der Waals surface area contributed by atoms with E-state index in [0.717, 1.165) is 5.69 Å². The molecule has 13 heavy (non-hydrogen) atoms. The van der Waals surface area contributed by atoms with Crippen molar-refractivity contribution in [2.24, 2.45) is 0 Å². The second-order valence-corrected chi connectivity index (χ2v) is 3.88. The van der Waals surface area contributed by atoms with E-state index in [9.17, 15) is 0 Å². The van der Waals surface area contributed by atoms with Gasteiger partial charge in [-0.15, -0.1) is 0 Å². The Morgan fingerprint density at radius 1 is 1.38 bits per heavy atom. The molecule has 1 heterocycles. The number of nitrogens with zero attached hydrogens (tertiary/aromatic N) is 1. The number of hydrogen-bond donors (Lipinski definition) is 1. The van der Waals surface area contributed by atoms with Crippen molar-refractivity contribution in [2.75, 3.05) is 5.32 Å². The number of aromatic nitrogens is 1. The molecule has 1 N–H and O–H groups in total. The first kappa shape index (κ1) is 8.82. The summed E-state index contributed by atoms with van der Waals surface area (Å²) in [5.74, 6) is 0. The minimum atomic E-state index is 0.558. The molecule has 0 spiro atoms. The standard InChI is InChI=1S/C10H13ClN2/c11-10-7-9(5-6-12-10)13-8-3-1-2-4-8/h5-8H,1-4H2,(H,12,13). The lowest BCUT2D eigenvalue weighted by atomic mass is 10.2. The Labute approximate surface area is 83.3 Å². The summed E-state index contributed by atoms with van der Waals surface area (Å²) >= 11 is 5.78. The first-order valence-electron chi connectivity index (χ1n) is 4.73. The molecule has 1 aliphatic rings. The van der Waals surface area contributed by atoms with Crippen LogP contribution in [-0.4, -0.2) is 11.0 Å². The van der Waals surface area contributed by atoms with Crippen molar-refractivity contribution >= 4 is 17.3 Å². The molecule has 0 amide bonds. The zero-order valence-electron chi connectivity index (χ0n) is 7.46. The molecule has 0 unspecified atom stereocenters. The van der Waals surface area contributed by atoms with Gasteiger partial charge in [0, 0.05) is 17.9 Å². The summed E-state index contributed by atoms with van der Waals surface area (Å²) in [6.45, 7) is 0. The molecule has 0 atom stereocenters. The van der Waals surface area contributed by atoms with Gasteiger partial charge in [-0.05, 0) is 25.0 Å². The Kier molecular flexibility index (Phi) is 2.69. The average Bonchev–Trinajstić information content (AvgIpc) is 2.57. The fraction of sp³-hybridized carbons (Fsp3) is 0.500. The number of hydrogen-bond acceptors (Lipinski definition) is 2. The van der Waals surface area contributed by atoms with Crippen molar-refractivity contribution in [1.29, 1.82) is 0 Å². The van der Waals surface area contributed by atoms with E-state index in [0.29, 0.717) is 11.2 Å². The fourth-order valence-corrected chi connectivity index (χ4v) is 1.97. The summed E-state index contributed by atoms with van der Waals surface area (Å²) in [5.41, 5.74) is 1.09. The van der Waals surface area contributed by atoms with E-state index in [2.05, 4.69) is 10.3 Å². The number of halogens is 1.